The van der Waals surface area contributed by atoms with Crippen LogP contribution < -0.4 is 10.6 Å². The molecule has 0 spiro atoms. The van der Waals surface area contributed by atoms with Crippen molar-refractivity contribution in [1.29, 1.82) is 5.53 Å². The second-order valence-corrected chi connectivity index (χ2v) is 3.96. The average Bonchev–Trinajstić information content (AvgIpc) is 2.35. The van der Waals surface area contributed by atoms with Crippen molar-refractivity contribution in [2.75, 3.05) is 7.05 Å². The van der Waals surface area contributed by atoms with Crippen molar-refractivity contribution in [2.24, 2.45) is 5.11 Å². The third-order valence-corrected chi connectivity index (χ3v) is 2.79. The Morgan fingerprint density at radius 3 is 2.62 bits per heavy atom. The summed E-state index contributed by atoms with van der Waals surface area (Å²) in [5, 5.41) is 9.69. The smallest absolute Gasteiger partial charge is 0.132 e. The van der Waals surface area contributed by atoms with E-state index >= 15 is 0 Å². The Morgan fingerprint density at radius 1 is 1.44 bits per heavy atom. The van der Waals surface area contributed by atoms with E-state index in [2.05, 4.69) is 28.1 Å². The van der Waals surface area contributed by atoms with E-state index in [1.165, 1.54) is 32.1 Å². The van der Waals surface area contributed by atoms with Crippen LogP contribution in [0.2, 0.25) is 0 Å². The summed E-state index contributed by atoms with van der Waals surface area (Å²) in [6.45, 7) is 3.64. The van der Waals surface area contributed by atoms with E-state index < -0.39 is 0 Å². The minimum absolute atomic E-state index is 0.472. The minimum atomic E-state index is 0.472. The second-order valence-electron chi connectivity index (χ2n) is 3.96. The first kappa shape index (κ1) is 12.5. The van der Waals surface area contributed by atoms with Gasteiger partial charge in [-0.2, -0.15) is 5.11 Å². The lowest BCUT2D eigenvalue weighted by Crippen LogP contribution is -2.30. The highest BCUT2D eigenvalue weighted by molar-refractivity contribution is 5.26. The molecule has 0 atom stereocenters. The highest BCUT2D eigenvalue weighted by atomic mass is 15.0. The quantitative estimate of drug-likeness (QED) is 0.379. The summed E-state index contributed by atoms with van der Waals surface area (Å²) in [4.78, 5) is 0. The first-order chi connectivity index (χ1) is 7.81. The van der Waals surface area contributed by atoms with Crippen molar-refractivity contribution in [2.45, 2.75) is 38.1 Å². The maximum absolute atomic E-state index is 7.10. The third kappa shape index (κ3) is 3.55. The Bertz CT molecular complexity index is 307. The van der Waals surface area contributed by atoms with Crippen LogP contribution in [0.1, 0.15) is 32.1 Å². The van der Waals surface area contributed by atoms with Crippen molar-refractivity contribution in [1.82, 2.24) is 10.6 Å². The molecule has 0 bridgehead atoms. The van der Waals surface area contributed by atoms with Crippen LogP contribution in [0.5, 0.6) is 0 Å². The number of nitrogens with zero attached hydrogens (tertiary/aromatic N) is 1. The maximum atomic E-state index is 7.10. The van der Waals surface area contributed by atoms with Gasteiger partial charge in [0, 0.05) is 19.3 Å². The topological polar surface area (TPSA) is 60.3 Å². The van der Waals surface area contributed by atoms with Crippen LogP contribution in [0.15, 0.2) is 35.0 Å². The standard InChI is InChI=1S/C12H20N4/c1-3-11(12(16-13)9-14-2)15-10-7-5-4-6-8-10/h9-10,13-15H,1,4-8H2,2H3/b12-9-,16-13?. The third-order valence-electron chi connectivity index (χ3n) is 2.79. The minimum Gasteiger partial charge on any atom is -0.392 e. The molecule has 1 aliphatic rings. The predicted molar refractivity (Wildman–Crippen MR) is 65.0 cm³/mol. The fourth-order valence-corrected chi connectivity index (χ4v) is 1.96. The molecule has 0 aromatic carbocycles. The SMILES string of the molecule is C=C=C(NC1CCCCC1)/C(=C/NC)N=N. The molecular weight excluding hydrogens is 200 g/mol. The fourth-order valence-electron chi connectivity index (χ4n) is 1.96. The summed E-state index contributed by atoms with van der Waals surface area (Å²) >= 11 is 0. The maximum Gasteiger partial charge on any atom is 0.132 e. The van der Waals surface area contributed by atoms with Crippen LogP contribution in [0.25, 0.3) is 0 Å². The van der Waals surface area contributed by atoms with Gasteiger partial charge in [0.15, 0.2) is 0 Å². The Hall–Kier alpha value is -1.54. The first-order valence-electron chi connectivity index (χ1n) is 5.73. The van der Waals surface area contributed by atoms with Crippen LogP contribution in [0.3, 0.4) is 0 Å². The van der Waals surface area contributed by atoms with Gasteiger partial charge in [0.2, 0.25) is 0 Å². The molecule has 0 saturated heterocycles. The van der Waals surface area contributed by atoms with Crippen molar-refractivity contribution in [3.05, 3.63) is 29.9 Å². The van der Waals surface area contributed by atoms with Gasteiger partial charge in [-0.15, -0.1) is 5.73 Å². The van der Waals surface area contributed by atoms with Crippen LogP contribution in [-0.2, 0) is 0 Å². The zero-order valence-electron chi connectivity index (χ0n) is 9.84. The molecule has 1 aliphatic carbocycles. The van der Waals surface area contributed by atoms with E-state index in [4.69, 9.17) is 5.53 Å². The fraction of sp³-hybridized carbons (Fsp3) is 0.583. The molecule has 0 aromatic rings. The molecular formula is C12H20N4. The summed E-state index contributed by atoms with van der Waals surface area (Å²) in [6, 6.07) is 0.472. The first-order valence-corrected chi connectivity index (χ1v) is 5.73. The number of hydrogen-bond acceptors (Lipinski definition) is 4. The van der Waals surface area contributed by atoms with E-state index in [-0.39, 0.29) is 0 Å². The number of nitrogens with one attached hydrogen (secondary N) is 3. The van der Waals surface area contributed by atoms with Gasteiger partial charge in [0.05, 0.1) is 0 Å². The van der Waals surface area contributed by atoms with Crippen molar-refractivity contribution in [3.63, 3.8) is 0 Å². The summed E-state index contributed by atoms with van der Waals surface area (Å²) in [5.74, 6) is 0. The van der Waals surface area contributed by atoms with Gasteiger partial charge in [0.25, 0.3) is 0 Å². The van der Waals surface area contributed by atoms with Gasteiger partial charge in [-0.25, -0.2) is 5.53 Å². The zero-order valence-corrected chi connectivity index (χ0v) is 9.84. The van der Waals surface area contributed by atoms with E-state index in [1.807, 2.05) is 0 Å². The molecule has 1 rings (SSSR count). The average molecular weight is 220 g/mol. The van der Waals surface area contributed by atoms with Gasteiger partial charge in [-0.3, -0.25) is 0 Å². The Morgan fingerprint density at radius 2 is 2.12 bits per heavy atom. The lowest BCUT2D eigenvalue weighted by atomic mass is 9.95. The van der Waals surface area contributed by atoms with Gasteiger partial charge in [-0.05, 0) is 12.8 Å². The van der Waals surface area contributed by atoms with E-state index in [0.717, 1.165) is 5.70 Å². The zero-order chi connectivity index (χ0) is 11.8. The molecule has 0 unspecified atom stereocenters. The van der Waals surface area contributed by atoms with Crippen molar-refractivity contribution < 1.29 is 0 Å². The van der Waals surface area contributed by atoms with Crippen LogP contribution in [0, 0.1) is 5.53 Å². The molecule has 0 heterocycles. The summed E-state index contributed by atoms with van der Waals surface area (Å²) in [7, 11) is 1.78. The highest BCUT2D eigenvalue weighted by Gasteiger charge is 2.15. The molecule has 0 radical (unpaired) electrons. The lowest BCUT2D eigenvalue weighted by molar-refractivity contribution is 0.397. The normalized spacial score (nSPS) is 17.4. The molecule has 0 amide bonds. The molecule has 0 aliphatic heterocycles. The molecule has 3 N–H and O–H groups in total. The van der Waals surface area contributed by atoms with Gasteiger partial charge in [-0.1, -0.05) is 25.8 Å². The molecule has 88 valence electrons. The monoisotopic (exact) mass is 220 g/mol. The summed E-state index contributed by atoms with van der Waals surface area (Å²) in [5.41, 5.74) is 11.2. The van der Waals surface area contributed by atoms with Crippen LogP contribution in [0.4, 0.5) is 0 Å². The largest absolute Gasteiger partial charge is 0.392 e. The highest BCUT2D eigenvalue weighted by Crippen LogP contribution is 2.19. The van der Waals surface area contributed by atoms with E-state index in [9.17, 15) is 0 Å². The second kappa shape index (κ2) is 6.85. The Balaban J connectivity index is 2.64. The molecule has 1 saturated carbocycles. The molecule has 4 nitrogen and oxygen atoms in total. The number of hydrogen-bond donors (Lipinski definition) is 3. The Labute approximate surface area is 97.0 Å². The predicted octanol–water partition coefficient (Wildman–Crippen LogP) is 2.67. The van der Waals surface area contributed by atoms with Gasteiger partial charge < -0.3 is 10.6 Å². The molecule has 16 heavy (non-hydrogen) atoms. The van der Waals surface area contributed by atoms with Crippen molar-refractivity contribution >= 4 is 0 Å². The van der Waals surface area contributed by atoms with E-state index in [1.54, 1.807) is 13.2 Å². The lowest BCUT2D eigenvalue weighted by Gasteiger charge is -2.24. The van der Waals surface area contributed by atoms with E-state index in [0.29, 0.717) is 11.7 Å². The van der Waals surface area contributed by atoms with Crippen LogP contribution >= 0.6 is 0 Å². The number of rotatable bonds is 5. The Kier molecular flexibility index (Phi) is 5.37. The van der Waals surface area contributed by atoms with Crippen LogP contribution in [-0.4, -0.2) is 13.1 Å². The molecule has 1 fully saturated rings. The molecule has 0 aromatic heterocycles. The molecule has 4 heteroatoms. The van der Waals surface area contributed by atoms with Crippen molar-refractivity contribution in [3.8, 4) is 0 Å². The summed E-state index contributed by atoms with van der Waals surface area (Å²) < 4.78 is 0. The van der Waals surface area contributed by atoms with Gasteiger partial charge in [0.1, 0.15) is 11.4 Å². The summed E-state index contributed by atoms with van der Waals surface area (Å²) in [6.07, 6.45) is 7.89. The van der Waals surface area contributed by atoms with Gasteiger partial charge >= 0.3 is 0 Å².